The van der Waals surface area contributed by atoms with Gasteiger partial charge in [-0.1, -0.05) is 6.92 Å². The quantitative estimate of drug-likeness (QED) is 0.506. The van der Waals surface area contributed by atoms with Gasteiger partial charge in [0, 0.05) is 19.6 Å². The van der Waals surface area contributed by atoms with Gasteiger partial charge in [-0.2, -0.15) is 0 Å². The Morgan fingerprint density at radius 2 is 1.67 bits per heavy atom. The van der Waals surface area contributed by atoms with Crippen LogP contribution in [0.2, 0.25) is 0 Å². The molecule has 0 aromatic rings. The normalized spacial score (nSPS) is 10.3. The lowest BCUT2D eigenvalue weighted by Crippen LogP contribution is -2.31. The van der Waals surface area contributed by atoms with Crippen LogP contribution in [0.25, 0.3) is 0 Å². The lowest BCUT2D eigenvalue weighted by molar-refractivity contribution is -0.129. The van der Waals surface area contributed by atoms with E-state index in [1.54, 1.807) is 6.92 Å². The summed E-state index contributed by atoms with van der Waals surface area (Å²) in [7, 11) is 0. The first-order chi connectivity index (χ1) is 8.70. The van der Waals surface area contributed by atoms with Gasteiger partial charge >= 0.3 is 0 Å². The number of nitrogens with one attached hydrogen (secondary N) is 1. The molecule has 0 saturated carbocycles. The zero-order chi connectivity index (χ0) is 13.6. The highest BCUT2D eigenvalue weighted by molar-refractivity contribution is 5.80. The standard InChI is InChI=1S/C12H23NO5/c1-3-11(14)9-18-10-12(15)13-5-6-17-8-7-16-4-2/h3-10H2,1-2H3,(H,13,15). The number of rotatable bonds is 12. The fraction of sp³-hybridized carbons (Fsp3) is 0.833. The van der Waals surface area contributed by atoms with Crippen molar-refractivity contribution in [1.29, 1.82) is 0 Å². The number of hydrogen-bond acceptors (Lipinski definition) is 5. The van der Waals surface area contributed by atoms with Gasteiger partial charge < -0.3 is 19.5 Å². The molecule has 0 aliphatic heterocycles. The van der Waals surface area contributed by atoms with Crippen molar-refractivity contribution in [2.45, 2.75) is 20.3 Å². The molecule has 6 nitrogen and oxygen atoms in total. The minimum Gasteiger partial charge on any atom is -0.379 e. The Bertz CT molecular complexity index is 233. The number of carbonyl (C=O) groups excluding carboxylic acids is 2. The summed E-state index contributed by atoms with van der Waals surface area (Å²) in [5, 5.41) is 2.62. The van der Waals surface area contributed by atoms with E-state index in [0.29, 0.717) is 39.4 Å². The van der Waals surface area contributed by atoms with Crippen LogP contribution in [0.15, 0.2) is 0 Å². The van der Waals surface area contributed by atoms with Crippen molar-refractivity contribution >= 4 is 11.7 Å². The molecule has 1 N–H and O–H groups in total. The molecule has 0 rings (SSSR count). The van der Waals surface area contributed by atoms with Gasteiger partial charge in [-0.05, 0) is 6.92 Å². The lowest BCUT2D eigenvalue weighted by Gasteiger charge is -2.06. The highest BCUT2D eigenvalue weighted by Gasteiger charge is 2.03. The third-order valence-corrected chi connectivity index (χ3v) is 2.04. The molecular formula is C12H23NO5. The van der Waals surface area contributed by atoms with Gasteiger partial charge in [0.15, 0.2) is 5.78 Å². The van der Waals surface area contributed by atoms with Gasteiger partial charge in [-0.3, -0.25) is 9.59 Å². The van der Waals surface area contributed by atoms with Crippen molar-refractivity contribution in [3.63, 3.8) is 0 Å². The zero-order valence-electron chi connectivity index (χ0n) is 11.2. The first kappa shape index (κ1) is 17.0. The van der Waals surface area contributed by atoms with Crippen LogP contribution in [0.3, 0.4) is 0 Å². The van der Waals surface area contributed by atoms with Crippen LogP contribution in [0.1, 0.15) is 20.3 Å². The highest BCUT2D eigenvalue weighted by atomic mass is 16.5. The number of hydrogen-bond donors (Lipinski definition) is 1. The second kappa shape index (κ2) is 12.5. The molecule has 0 unspecified atom stereocenters. The Hall–Kier alpha value is -0.980. The maximum Gasteiger partial charge on any atom is 0.246 e. The minimum atomic E-state index is -0.243. The summed E-state index contributed by atoms with van der Waals surface area (Å²) in [6.07, 6.45) is 0.426. The molecule has 106 valence electrons. The summed E-state index contributed by atoms with van der Waals surface area (Å²) in [6, 6.07) is 0. The van der Waals surface area contributed by atoms with E-state index >= 15 is 0 Å². The smallest absolute Gasteiger partial charge is 0.246 e. The number of amides is 1. The molecule has 0 saturated heterocycles. The van der Waals surface area contributed by atoms with Crippen LogP contribution < -0.4 is 5.32 Å². The summed E-state index contributed by atoms with van der Waals surface area (Å²) in [5.41, 5.74) is 0. The van der Waals surface area contributed by atoms with E-state index in [1.807, 2.05) is 6.92 Å². The topological polar surface area (TPSA) is 73.9 Å². The fourth-order valence-electron chi connectivity index (χ4n) is 1.04. The summed E-state index contributed by atoms with van der Waals surface area (Å²) < 4.78 is 15.2. The largest absolute Gasteiger partial charge is 0.379 e. The van der Waals surface area contributed by atoms with Crippen molar-refractivity contribution < 1.29 is 23.8 Å². The summed E-state index contributed by atoms with van der Waals surface area (Å²) in [4.78, 5) is 22.1. The van der Waals surface area contributed by atoms with Gasteiger partial charge in [0.05, 0.1) is 19.8 Å². The van der Waals surface area contributed by atoms with E-state index in [1.165, 1.54) is 0 Å². The van der Waals surface area contributed by atoms with Crippen molar-refractivity contribution in [2.24, 2.45) is 0 Å². The first-order valence-electron chi connectivity index (χ1n) is 6.22. The molecule has 0 atom stereocenters. The molecule has 0 fully saturated rings. The number of ether oxygens (including phenoxy) is 3. The molecule has 6 heteroatoms. The molecule has 1 amide bonds. The average molecular weight is 261 g/mol. The Morgan fingerprint density at radius 1 is 0.944 bits per heavy atom. The van der Waals surface area contributed by atoms with Gasteiger partial charge in [0.1, 0.15) is 13.2 Å². The van der Waals surface area contributed by atoms with E-state index in [9.17, 15) is 9.59 Å². The number of ketones is 1. The molecule has 0 aliphatic rings. The van der Waals surface area contributed by atoms with Crippen LogP contribution in [0, 0.1) is 0 Å². The molecule has 0 aliphatic carbocycles. The predicted octanol–water partition coefficient (Wildman–Crippen LogP) is 0.151. The molecule has 18 heavy (non-hydrogen) atoms. The van der Waals surface area contributed by atoms with Crippen molar-refractivity contribution in [3.05, 3.63) is 0 Å². The summed E-state index contributed by atoms with van der Waals surface area (Å²) in [6.45, 7) is 6.20. The first-order valence-corrected chi connectivity index (χ1v) is 6.22. The molecule has 0 aromatic carbocycles. The maximum absolute atomic E-state index is 11.2. The zero-order valence-corrected chi connectivity index (χ0v) is 11.2. The second-order valence-electron chi connectivity index (χ2n) is 3.54. The third-order valence-electron chi connectivity index (χ3n) is 2.04. The fourth-order valence-corrected chi connectivity index (χ4v) is 1.04. The predicted molar refractivity (Wildman–Crippen MR) is 66.4 cm³/mol. The van der Waals surface area contributed by atoms with Crippen LogP contribution in [0.5, 0.6) is 0 Å². The molecule has 0 spiro atoms. The summed E-state index contributed by atoms with van der Waals surface area (Å²) >= 11 is 0. The minimum absolute atomic E-state index is 0.00518. The van der Waals surface area contributed by atoms with E-state index < -0.39 is 0 Å². The van der Waals surface area contributed by atoms with Gasteiger partial charge in [-0.25, -0.2) is 0 Å². The number of carbonyl (C=O) groups is 2. The van der Waals surface area contributed by atoms with Gasteiger partial charge in [-0.15, -0.1) is 0 Å². The monoisotopic (exact) mass is 261 g/mol. The second-order valence-corrected chi connectivity index (χ2v) is 3.54. The average Bonchev–Trinajstić information content (AvgIpc) is 2.37. The molecule has 0 heterocycles. The Morgan fingerprint density at radius 3 is 2.33 bits per heavy atom. The molecule has 0 bridgehead atoms. The summed E-state index contributed by atoms with van der Waals surface area (Å²) in [5.74, 6) is -0.255. The Balaban J connectivity index is 3.24. The maximum atomic E-state index is 11.2. The van der Waals surface area contributed by atoms with Crippen molar-refractivity contribution in [2.75, 3.05) is 46.2 Å². The number of Topliss-reactive ketones (excluding diaryl/α,β-unsaturated/α-hetero) is 1. The van der Waals surface area contributed by atoms with E-state index in [0.717, 1.165) is 0 Å². The van der Waals surface area contributed by atoms with Crippen LogP contribution in [0.4, 0.5) is 0 Å². The van der Waals surface area contributed by atoms with Crippen LogP contribution in [-0.4, -0.2) is 57.9 Å². The highest BCUT2D eigenvalue weighted by Crippen LogP contribution is 1.83. The van der Waals surface area contributed by atoms with E-state index in [4.69, 9.17) is 14.2 Å². The van der Waals surface area contributed by atoms with Crippen LogP contribution in [-0.2, 0) is 23.8 Å². The van der Waals surface area contributed by atoms with Crippen molar-refractivity contribution in [1.82, 2.24) is 5.32 Å². The Labute approximate surface area is 108 Å². The Kier molecular flexibility index (Phi) is 11.8. The van der Waals surface area contributed by atoms with E-state index in [-0.39, 0.29) is 24.9 Å². The molecule has 0 aromatic heterocycles. The third kappa shape index (κ3) is 11.5. The SMILES string of the molecule is CCOCCOCCNC(=O)COCC(=O)CC. The van der Waals surface area contributed by atoms with Crippen LogP contribution >= 0.6 is 0 Å². The lowest BCUT2D eigenvalue weighted by atomic mass is 10.3. The molecular weight excluding hydrogens is 238 g/mol. The van der Waals surface area contributed by atoms with Gasteiger partial charge in [0.25, 0.3) is 0 Å². The van der Waals surface area contributed by atoms with Crippen molar-refractivity contribution in [3.8, 4) is 0 Å². The molecule has 0 radical (unpaired) electrons. The van der Waals surface area contributed by atoms with E-state index in [2.05, 4.69) is 5.32 Å². The van der Waals surface area contributed by atoms with Gasteiger partial charge in [0.2, 0.25) is 5.91 Å².